The lowest BCUT2D eigenvalue weighted by Gasteiger charge is -2.08. The van der Waals surface area contributed by atoms with Crippen molar-refractivity contribution in [3.63, 3.8) is 0 Å². The molecule has 66 valence electrons. The number of hydrazine groups is 1. The fourth-order valence-corrected chi connectivity index (χ4v) is 1.43. The van der Waals surface area contributed by atoms with E-state index in [-0.39, 0.29) is 0 Å². The zero-order valence-electron chi connectivity index (χ0n) is 7.32. The van der Waals surface area contributed by atoms with E-state index in [1.165, 1.54) is 11.1 Å². The van der Waals surface area contributed by atoms with Crippen LogP contribution in [0.4, 0.5) is 5.69 Å². The summed E-state index contributed by atoms with van der Waals surface area (Å²) in [5.41, 5.74) is 9.64. The second kappa shape index (κ2) is 4.48. The predicted molar refractivity (Wildman–Crippen MR) is 56.5 cm³/mol. The third kappa shape index (κ3) is 2.22. The minimum absolute atomic E-state index is 0.910. The minimum atomic E-state index is 0.910. The van der Waals surface area contributed by atoms with Crippen molar-refractivity contribution in [3.8, 4) is 0 Å². The van der Waals surface area contributed by atoms with Crippen LogP contribution in [0.5, 0.6) is 0 Å². The molecule has 0 fully saturated rings. The van der Waals surface area contributed by atoms with Crippen LogP contribution in [0.2, 0.25) is 0 Å². The third-order valence-corrected chi connectivity index (χ3v) is 2.35. The normalized spacial score (nSPS) is 9.92. The molecule has 12 heavy (non-hydrogen) atoms. The maximum atomic E-state index is 3.42. The fraction of sp³-hybridized carbons (Fsp3) is 0.333. The van der Waals surface area contributed by atoms with Gasteiger partial charge in [-0.2, -0.15) is 0 Å². The predicted octanol–water partition coefficient (Wildman–Crippen LogP) is 2.44. The maximum Gasteiger partial charge on any atom is 0.0516 e. The Kier molecular flexibility index (Phi) is 3.56. The molecule has 0 saturated heterocycles. The van der Waals surface area contributed by atoms with Gasteiger partial charge in [-0.1, -0.05) is 28.1 Å². The van der Waals surface area contributed by atoms with E-state index < -0.39 is 0 Å². The summed E-state index contributed by atoms with van der Waals surface area (Å²) in [4.78, 5) is 0. The van der Waals surface area contributed by atoms with Gasteiger partial charge >= 0.3 is 0 Å². The Morgan fingerprint density at radius 1 is 1.42 bits per heavy atom. The van der Waals surface area contributed by atoms with E-state index in [0.29, 0.717) is 0 Å². The monoisotopic (exact) mass is 228 g/mol. The number of aryl methyl sites for hydroxylation is 1. The van der Waals surface area contributed by atoms with Crippen LogP contribution in [0.3, 0.4) is 0 Å². The van der Waals surface area contributed by atoms with Gasteiger partial charge in [0.15, 0.2) is 0 Å². The molecule has 0 aliphatic heterocycles. The molecular formula is C9H13BrN2. The first-order chi connectivity index (χ1) is 5.77. The van der Waals surface area contributed by atoms with E-state index in [9.17, 15) is 0 Å². The Bertz CT molecular complexity index is 261. The molecule has 0 saturated carbocycles. The molecule has 0 heterocycles. The molecule has 0 amide bonds. The standard InChI is InChI=1S/C9H13BrN2/c1-7-5-8(6-10)3-4-9(7)12-11-2/h3-5,11-12H,6H2,1-2H3. The summed E-state index contributed by atoms with van der Waals surface area (Å²) in [5.74, 6) is 0. The van der Waals surface area contributed by atoms with Crippen LogP contribution in [-0.4, -0.2) is 7.05 Å². The van der Waals surface area contributed by atoms with Crippen LogP contribution in [0, 0.1) is 6.92 Å². The average molecular weight is 229 g/mol. The van der Waals surface area contributed by atoms with Crippen LogP contribution in [0.15, 0.2) is 18.2 Å². The van der Waals surface area contributed by atoms with Crippen LogP contribution >= 0.6 is 15.9 Å². The highest BCUT2D eigenvalue weighted by Crippen LogP contribution is 2.16. The Balaban J connectivity index is 2.87. The van der Waals surface area contributed by atoms with Gasteiger partial charge in [0.2, 0.25) is 0 Å². The Morgan fingerprint density at radius 3 is 2.67 bits per heavy atom. The molecule has 1 aromatic rings. The van der Waals surface area contributed by atoms with Gasteiger partial charge in [0.05, 0.1) is 5.69 Å². The van der Waals surface area contributed by atoms with Gasteiger partial charge in [-0.3, -0.25) is 0 Å². The Hall–Kier alpha value is -0.540. The summed E-state index contributed by atoms with van der Waals surface area (Å²) in [6.07, 6.45) is 0. The van der Waals surface area contributed by atoms with Crippen molar-refractivity contribution >= 4 is 21.6 Å². The molecule has 0 atom stereocenters. The molecule has 0 aliphatic carbocycles. The van der Waals surface area contributed by atoms with E-state index in [1.807, 2.05) is 7.05 Å². The van der Waals surface area contributed by atoms with Crippen molar-refractivity contribution in [1.29, 1.82) is 0 Å². The summed E-state index contributed by atoms with van der Waals surface area (Å²) in [7, 11) is 1.86. The smallest absolute Gasteiger partial charge is 0.0516 e. The second-order valence-electron chi connectivity index (χ2n) is 2.66. The number of rotatable bonds is 3. The molecule has 0 bridgehead atoms. The number of nitrogens with one attached hydrogen (secondary N) is 2. The molecule has 0 unspecified atom stereocenters. The molecule has 0 aromatic heterocycles. The van der Waals surface area contributed by atoms with Gasteiger partial charge in [-0.05, 0) is 24.1 Å². The van der Waals surface area contributed by atoms with E-state index in [2.05, 4.69) is 51.9 Å². The highest BCUT2D eigenvalue weighted by molar-refractivity contribution is 9.08. The van der Waals surface area contributed by atoms with E-state index in [0.717, 1.165) is 11.0 Å². The lowest BCUT2D eigenvalue weighted by atomic mass is 10.1. The summed E-state index contributed by atoms with van der Waals surface area (Å²) in [6.45, 7) is 2.09. The topological polar surface area (TPSA) is 24.1 Å². The zero-order valence-corrected chi connectivity index (χ0v) is 8.90. The lowest BCUT2D eigenvalue weighted by molar-refractivity contribution is 0.979. The largest absolute Gasteiger partial charge is 0.321 e. The average Bonchev–Trinajstić information content (AvgIpc) is 2.09. The van der Waals surface area contributed by atoms with Gasteiger partial charge in [-0.25, -0.2) is 5.43 Å². The first-order valence-corrected chi connectivity index (χ1v) is 4.98. The molecule has 0 spiro atoms. The minimum Gasteiger partial charge on any atom is -0.321 e. The molecule has 2 N–H and O–H groups in total. The van der Waals surface area contributed by atoms with Crippen molar-refractivity contribution in [2.45, 2.75) is 12.3 Å². The van der Waals surface area contributed by atoms with Crippen LogP contribution in [-0.2, 0) is 5.33 Å². The number of hydrogen-bond acceptors (Lipinski definition) is 2. The number of alkyl halides is 1. The van der Waals surface area contributed by atoms with Crippen molar-refractivity contribution < 1.29 is 0 Å². The Labute approximate surface area is 81.5 Å². The fourth-order valence-electron chi connectivity index (χ4n) is 1.08. The molecule has 2 nitrogen and oxygen atoms in total. The van der Waals surface area contributed by atoms with Gasteiger partial charge in [0.25, 0.3) is 0 Å². The molecule has 0 aliphatic rings. The van der Waals surface area contributed by atoms with E-state index >= 15 is 0 Å². The van der Waals surface area contributed by atoms with Crippen molar-refractivity contribution in [3.05, 3.63) is 29.3 Å². The second-order valence-corrected chi connectivity index (χ2v) is 3.22. The number of halogens is 1. The van der Waals surface area contributed by atoms with Gasteiger partial charge in [0.1, 0.15) is 0 Å². The van der Waals surface area contributed by atoms with Crippen LogP contribution < -0.4 is 10.9 Å². The molecule has 1 aromatic carbocycles. The number of benzene rings is 1. The van der Waals surface area contributed by atoms with Crippen LogP contribution in [0.25, 0.3) is 0 Å². The van der Waals surface area contributed by atoms with Gasteiger partial charge in [0, 0.05) is 12.4 Å². The molecular weight excluding hydrogens is 216 g/mol. The maximum absolute atomic E-state index is 3.42. The molecule has 1 rings (SSSR count). The first kappa shape index (κ1) is 9.55. The quantitative estimate of drug-likeness (QED) is 0.614. The molecule has 3 heteroatoms. The summed E-state index contributed by atoms with van der Waals surface area (Å²) in [6, 6.07) is 6.33. The first-order valence-electron chi connectivity index (χ1n) is 3.86. The summed E-state index contributed by atoms with van der Waals surface area (Å²) >= 11 is 3.42. The van der Waals surface area contributed by atoms with Crippen molar-refractivity contribution in [2.75, 3.05) is 12.5 Å². The highest BCUT2D eigenvalue weighted by Gasteiger charge is 1.96. The SMILES string of the molecule is CNNc1ccc(CBr)cc1C. The lowest BCUT2D eigenvalue weighted by Crippen LogP contribution is -2.15. The van der Waals surface area contributed by atoms with Crippen LogP contribution in [0.1, 0.15) is 11.1 Å². The zero-order chi connectivity index (χ0) is 8.97. The number of hydrogen-bond donors (Lipinski definition) is 2. The Morgan fingerprint density at radius 2 is 2.17 bits per heavy atom. The van der Waals surface area contributed by atoms with Gasteiger partial charge < -0.3 is 5.43 Å². The van der Waals surface area contributed by atoms with E-state index in [4.69, 9.17) is 0 Å². The van der Waals surface area contributed by atoms with Crippen molar-refractivity contribution in [1.82, 2.24) is 5.43 Å². The highest BCUT2D eigenvalue weighted by atomic mass is 79.9. The van der Waals surface area contributed by atoms with Gasteiger partial charge in [-0.15, -0.1) is 0 Å². The summed E-state index contributed by atoms with van der Waals surface area (Å²) in [5, 5.41) is 0.910. The van der Waals surface area contributed by atoms with Crippen molar-refractivity contribution in [2.24, 2.45) is 0 Å². The molecule has 0 radical (unpaired) electrons. The number of anilines is 1. The third-order valence-electron chi connectivity index (χ3n) is 1.70. The summed E-state index contributed by atoms with van der Waals surface area (Å²) < 4.78 is 0. The van der Waals surface area contributed by atoms with E-state index in [1.54, 1.807) is 0 Å².